The zero-order valence-corrected chi connectivity index (χ0v) is 13.3. The summed E-state index contributed by atoms with van der Waals surface area (Å²) in [7, 11) is -4.27. The Labute approximate surface area is 133 Å². The van der Waals surface area contributed by atoms with Crippen LogP contribution >= 0.6 is 11.6 Å². The highest BCUT2D eigenvalue weighted by Crippen LogP contribution is 2.49. The molecule has 1 atom stereocenters. The van der Waals surface area contributed by atoms with Crippen LogP contribution < -0.4 is 9.64 Å². The molecule has 0 amide bonds. The SMILES string of the molecule is CCC(N1c2ccccc2Oc2cc(Cl)ccc21)S(=O)(=O)O. The zero-order valence-electron chi connectivity index (χ0n) is 11.7. The van der Waals surface area contributed by atoms with Gasteiger partial charge in [-0.2, -0.15) is 8.42 Å². The molecule has 2 aromatic carbocycles. The Balaban J connectivity index is 2.25. The molecule has 3 rings (SSSR count). The molecule has 0 saturated carbocycles. The third-order valence-corrected chi connectivity index (χ3v) is 4.97. The van der Waals surface area contributed by atoms with Crippen molar-refractivity contribution < 1.29 is 17.7 Å². The van der Waals surface area contributed by atoms with Gasteiger partial charge in [0.25, 0.3) is 10.1 Å². The van der Waals surface area contributed by atoms with Crippen molar-refractivity contribution in [3.63, 3.8) is 0 Å². The molecule has 7 heteroatoms. The van der Waals surface area contributed by atoms with Gasteiger partial charge < -0.3 is 9.64 Å². The number of halogens is 1. The second-order valence-electron chi connectivity index (χ2n) is 4.93. The topological polar surface area (TPSA) is 66.8 Å². The van der Waals surface area contributed by atoms with Gasteiger partial charge in [0.1, 0.15) is 0 Å². The van der Waals surface area contributed by atoms with E-state index in [1.807, 2.05) is 0 Å². The van der Waals surface area contributed by atoms with Crippen molar-refractivity contribution in [2.24, 2.45) is 0 Å². The summed E-state index contributed by atoms with van der Waals surface area (Å²) in [6.45, 7) is 1.70. The predicted octanol–water partition coefficient (Wildman–Crippen LogP) is 4.21. The van der Waals surface area contributed by atoms with Gasteiger partial charge in [0, 0.05) is 11.1 Å². The number of anilines is 2. The van der Waals surface area contributed by atoms with Crippen molar-refractivity contribution >= 4 is 33.1 Å². The van der Waals surface area contributed by atoms with Gasteiger partial charge in [-0.15, -0.1) is 0 Å². The number of benzene rings is 2. The Hall–Kier alpha value is -1.76. The molecule has 1 aliphatic rings. The molecule has 0 aliphatic carbocycles. The summed E-state index contributed by atoms with van der Waals surface area (Å²) in [4.78, 5) is 1.57. The summed E-state index contributed by atoms with van der Waals surface area (Å²) < 4.78 is 39.0. The van der Waals surface area contributed by atoms with Crippen molar-refractivity contribution in [3.05, 3.63) is 47.5 Å². The highest BCUT2D eigenvalue weighted by molar-refractivity contribution is 7.86. The first-order chi connectivity index (χ1) is 10.4. The number of ether oxygens (including phenoxy) is 1. The van der Waals surface area contributed by atoms with Crippen LogP contribution in [0.1, 0.15) is 13.3 Å². The molecule has 0 radical (unpaired) electrons. The molecule has 116 valence electrons. The van der Waals surface area contributed by atoms with Gasteiger partial charge in [0.15, 0.2) is 16.9 Å². The fourth-order valence-electron chi connectivity index (χ4n) is 2.60. The van der Waals surface area contributed by atoms with Crippen LogP contribution in [0.4, 0.5) is 11.4 Å². The average molecular weight is 340 g/mol. The third-order valence-electron chi connectivity index (χ3n) is 3.51. The monoisotopic (exact) mass is 339 g/mol. The van der Waals surface area contributed by atoms with Crippen LogP contribution in [0.2, 0.25) is 5.02 Å². The quantitative estimate of drug-likeness (QED) is 0.848. The van der Waals surface area contributed by atoms with E-state index < -0.39 is 15.5 Å². The van der Waals surface area contributed by atoms with Crippen molar-refractivity contribution in [2.45, 2.75) is 18.7 Å². The van der Waals surface area contributed by atoms with E-state index in [0.29, 0.717) is 27.9 Å². The van der Waals surface area contributed by atoms with Crippen LogP contribution in [-0.2, 0) is 10.1 Å². The minimum absolute atomic E-state index is 0.217. The summed E-state index contributed by atoms with van der Waals surface area (Å²) in [6, 6.07) is 12.0. The van der Waals surface area contributed by atoms with Gasteiger partial charge >= 0.3 is 0 Å². The zero-order chi connectivity index (χ0) is 15.9. The molecular formula is C15H14ClNO4S. The van der Waals surface area contributed by atoms with Crippen LogP contribution in [-0.4, -0.2) is 18.3 Å². The number of hydrogen-bond acceptors (Lipinski definition) is 4. The minimum atomic E-state index is -4.27. The van der Waals surface area contributed by atoms with E-state index in [1.54, 1.807) is 54.3 Å². The van der Waals surface area contributed by atoms with Crippen LogP contribution in [0.5, 0.6) is 11.5 Å². The average Bonchev–Trinajstić information content (AvgIpc) is 2.45. The number of rotatable bonds is 3. The lowest BCUT2D eigenvalue weighted by Crippen LogP contribution is -2.38. The van der Waals surface area contributed by atoms with E-state index in [1.165, 1.54) is 0 Å². The first kappa shape index (κ1) is 15.1. The molecule has 1 unspecified atom stereocenters. The second kappa shape index (κ2) is 5.46. The van der Waals surface area contributed by atoms with E-state index in [-0.39, 0.29) is 6.42 Å². The normalized spacial score (nSPS) is 14.8. The third kappa shape index (κ3) is 2.54. The summed E-state index contributed by atoms with van der Waals surface area (Å²) in [6.07, 6.45) is 0.217. The minimum Gasteiger partial charge on any atom is -0.453 e. The number of hydrogen-bond donors (Lipinski definition) is 1. The van der Waals surface area contributed by atoms with Gasteiger partial charge in [-0.05, 0) is 30.7 Å². The Bertz CT molecular complexity index is 822. The van der Waals surface area contributed by atoms with Crippen LogP contribution in [0.15, 0.2) is 42.5 Å². The maximum absolute atomic E-state index is 11.8. The number of para-hydroxylation sites is 2. The molecule has 1 heterocycles. The maximum atomic E-state index is 11.8. The Morgan fingerprint density at radius 2 is 1.86 bits per heavy atom. The molecule has 22 heavy (non-hydrogen) atoms. The van der Waals surface area contributed by atoms with Crippen molar-refractivity contribution in [1.82, 2.24) is 0 Å². The fourth-order valence-corrected chi connectivity index (χ4v) is 3.67. The molecule has 0 aromatic heterocycles. The van der Waals surface area contributed by atoms with E-state index in [9.17, 15) is 13.0 Å². The molecule has 5 nitrogen and oxygen atoms in total. The van der Waals surface area contributed by atoms with Crippen LogP contribution in [0.25, 0.3) is 0 Å². The molecular weight excluding hydrogens is 326 g/mol. The first-order valence-corrected chi connectivity index (χ1v) is 8.62. The Morgan fingerprint density at radius 3 is 2.55 bits per heavy atom. The lowest BCUT2D eigenvalue weighted by Gasteiger charge is -2.36. The lowest BCUT2D eigenvalue weighted by atomic mass is 10.1. The molecule has 0 bridgehead atoms. The van der Waals surface area contributed by atoms with Gasteiger partial charge in [-0.25, -0.2) is 0 Å². The summed E-state index contributed by atoms with van der Waals surface area (Å²) in [5.74, 6) is 0.965. The first-order valence-electron chi connectivity index (χ1n) is 6.73. The molecule has 0 saturated heterocycles. The highest BCUT2D eigenvalue weighted by Gasteiger charge is 2.35. The van der Waals surface area contributed by atoms with Crippen molar-refractivity contribution in [2.75, 3.05) is 4.90 Å². The summed E-state index contributed by atoms with van der Waals surface area (Å²) in [5.41, 5.74) is 1.13. The van der Waals surface area contributed by atoms with E-state index in [0.717, 1.165) is 0 Å². The molecule has 0 fully saturated rings. The predicted molar refractivity (Wildman–Crippen MR) is 85.7 cm³/mol. The Morgan fingerprint density at radius 1 is 1.18 bits per heavy atom. The van der Waals surface area contributed by atoms with E-state index in [4.69, 9.17) is 16.3 Å². The van der Waals surface area contributed by atoms with Gasteiger partial charge in [-0.3, -0.25) is 4.55 Å². The van der Waals surface area contributed by atoms with Crippen LogP contribution in [0, 0.1) is 0 Å². The summed E-state index contributed by atoms with van der Waals surface area (Å²) in [5, 5.41) is -0.615. The largest absolute Gasteiger partial charge is 0.453 e. The maximum Gasteiger partial charge on any atom is 0.286 e. The van der Waals surface area contributed by atoms with Gasteiger partial charge in [-0.1, -0.05) is 30.7 Å². The summed E-state index contributed by atoms with van der Waals surface area (Å²) >= 11 is 5.99. The standard InChI is InChI=1S/C15H14ClNO4S/c1-2-15(22(18,19)20)17-11-5-3-4-6-13(11)21-14-9-10(16)7-8-12(14)17/h3-9,15H,2H2,1H3,(H,18,19,20). The number of nitrogens with zero attached hydrogens (tertiary/aromatic N) is 1. The molecule has 0 spiro atoms. The Kier molecular flexibility index (Phi) is 3.76. The van der Waals surface area contributed by atoms with Gasteiger partial charge in [0.2, 0.25) is 0 Å². The van der Waals surface area contributed by atoms with Crippen LogP contribution in [0.3, 0.4) is 0 Å². The molecule has 1 N–H and O–H groups in total. The van der Waals surface area contributed by atoms with Gasteiger partial charge in [0.05, 0.1) is 11.4 Å². The smallest absolute Gasteiger partial charge is 0.286 e. The second-order valence-corrected chi connectivity index (χ2v) is 6.94. The highest BCUT2D eigenvalue weighted by atomic mass is 35.5. The lowest BCUT2D eigenvalue weighted by molar-refractivity contribution is 0.451. The molecule has 2 aromatic rings. The molecule has 1 aliphatic heterocycles. The van der Waals surface area contributed by atoms with E-state index >= 15 is 0 Å². The fraction of sp³-hybridized carbons (Fsp3) is 0.200. The number of fused-ring (bicyclic) bond motifs is 2. The van der Waals surface area contributed by atoms with E-state index in [2.05, 4.69) is 0 Å². The van der Waals surface area contributed by atoms with Crippen molar-refractivity contribution in [3.8, 4) is 11.5 Å². The van der Waals surface area contributed by atoms with Crippen molar-refractivity contribution in [1.29, 1.82) is 0 Å².